The molecule has 1 aromatic carbocycles. The number of benzene rings is 1. The third kappa shape index (κ3) is 3.89. The molecule has 118 valence electrons. The summed E-state index contributed by atoms with van der Waals surface area (Å²) in [5.41, 5.74) is 1.50. The number of halogens is 1. The number of hydrogen-bond donors (Lipinski definition) is 1. The molecule has 4 nitrogen and oxygen atoms in total. The first-order valence-corrected chi connectivity index (χ1v) is 8.30. The van der Waals surface area contributed by atoms with Crippen molar-refractivity contribution in [3.8, 4) is 10.6 Å². The van der Waals surface area contributed by atoms with Crippen molar-refractivity contribution < 1.29 is 9.13 Å². The number of morpholine rings is 1. The van der Waals surface area contributed by atoms with Crippen LogP contribution in [0.3, 0.4) is 0 Å². The number of nitrogens with zero attached hydrogens (tertiary/aromatic N) is 2. The summed E-state index contributed by atoms with van der Waals surface area (Å²) >= 11 is 1.47. The van der Waals surface area contributed by atoms with E-state index in [-0.39, 0.29) is 11.9 Å². The molecule has 6 heteroatoms. The van der Waals surface area contributed by atoms with Gasteiger partial charge in [0.2, 0.25) is 0 Å². The summed E-state index contributed by atoms with van der Waals surface area (Å²) in [7, 11) is 2.11. The molecular formula is C16H20FN3OS. The molecule has 0 radical (unpaired) electrons. The minimum absolute atomic E-state index is 0.225. The van der Waals surface area contributed by atoms with E-state index in [1.807, 2.05) is 11.4 Å². The Morgan fingerprint density at radius 1 is 1.45 bits per heavy atom. The van der Waals surface area contributed by atoms with Crippen LogP contribution in [0.5, 0.6) is 0 Å². The largest absolute Gasteiger partial charge is 0.374 e. The van der Waals surface area contributed by atoms with E-state index < -0.39 is 0 Å². The molecule has 1 N–H and O–H groups in total. The van der Waals surface area contributed by atoms with Gasteiger partial charge >= 0.3 is 0 Å². The third-order valence-corrected chi connectivity index (χ3v) is 4.60. The zero-order valence-electron chi connectivity index (χ0n) is 12.6. The van der Waals surface area contributed by atoms with Crippen LogP contribution in [0.4, 0.5) is 4.39 Å². The molecule has 1 atom stereocenters. The fourth-order valence-corrected chi connectivity index (χ4v) is 3.34. The molecule has 0 spiro atoms. The molecule has 2 aromatic rings. The first kappa shape index (κ1) is 15.6. The summed E-state index contributed by atoms with van der Waals surface area (Å²) in [6, 6.07) is 6.74. The van der Waals surface area contributed by atoms with Crippen molar-refractivity contribution in [1.29, 1.82) is 0 Å². The van der Waals surface area contributed by atoms with Crippen molar-refractivity contribution in [1.82, 2.24) is 15.2 Å². The number of hydrogen-bond acceptors (Lipinski definition) is 5. The molecule has 0 bridgehead atoms. The molecule has 3 rings (SSSR count). The fourth-order valence-electron chi connectivity index (χ4n) is 2.50. The first-order valence-electron chi connectivity index (χ1n) is 7.42. The lowest BCUT2D eigenvalue weighted by Gasteiger charge is -2.30. The number of nitrogens with one attached hydrogen (secondary N) is 1. The van der Waals surface area contributed by atoms with E-state index in [2.05, 4.69) is 22.2 Å². The van der Waals surface area contributed by atoms with Crippen LogP contribution in [0.15, 0.2) is 29.6 Å². The summed E-state index contributed by atoms with van der Waals surface area (Å²) < 4.78 is 19.5. The van der Waals surface area contributed by atoms with E-state index in [0.29, 0.717) is 12.1 Å². The molecule has 1 aromatic heterocycles. The van der Waals surface area contributed by atoms with Gasteiger partial charge in [0.15, 0.2) is 0 Å². The Morgan fingerprint density at radius 2 is 2.32 bits per heavy atom. The average molecular weight is 321 g/mol. The zero-order valence-corrected chi connectivity index (χ0v) is 13.4. The highest BCUT2D eigenvalue weighted by Crippen LogP contribution is 2.25. The van der Waals surface area contributed by atoms with E-state index in [0.717, 1.165) is 36.9 Å². The Morgan fingerprint density at radius 3 is 3.14 bits per heavy atom. The van der Waals surface area contributed by atoms with Gasteiger partial charge in [-0.05, 0) is 19.2 Å². The van der Waals surface area contributed by atoms with E-state index in [4.69, 9.17) is 4.74 Å². The Labute approximate surface area is 133 Å². The second-order valence-corrected chi connectivity index (χ2v) is 6.37. The highest BCUT2D eigenvalue weighted by molar-refractivity contribution is 7.13. The van der Waals surface area contributed by atoms with Crippen molar-refractivity contribution >= 4 is 11.3 Å². The highest BCUT2D eigenvalue weighted by atomic mass is 32.1. The lowest BCUT2D eigenvalue weighted by Crippen LogP contribution is -2.44. The highest BCUT2D eigenvalue weighted by Gasteiger charge is 2.17. The van der Waals surface area contributed by atoms with Gasteiger partial charge in [0, 0.05) is 37.1 Å². The predicted octanol–water partition coefficient (Wildman–Crippen LogP) is 2.37. The molecule has 1 saturated heterocycles. The van der Waals surface area contributed by atoms with Crippen LogP contribution in [0.1, 0.15) is 5.69 Å². The molecule has 22 heavy (non-hydrogen) atoms. The van der Waals surface area contributed by atoms with E-state index >= 15 is 0 Å². The standard InChI is InChI=1S/C16H20FN3OS/c1-20-6-7-21-13(10-20)9-18-8-12-11-22-16(19-12)14-4-2-3-5-15(14)17/h2-5,11,13,18H,6-10H2,1H3/t13-/m0/s1. The van der Waals surface area contributed by atoms with Crippen LogP contribution in [0.2, 0.25) is 0 Å². The van der Waals surface area contributed by atoms with Gasteiger partial charge in [0.25, 0.3) is 0 Å². The second kappa shape index (κ2) is 7.28. The average Bonchev–Trinajstić information content (AvgIpc) is 2.96. The number of thiazole rings is 1. The molecule has 1 aliphatic rings. The maximum absolute atomic E-state index is 13.7. The number of aromatic nitrogens is 1. The summed E-state index contributed by atoms with van der Waals surface area (Å²) in [4.78, 5) is 6.78. The molecule has 1 aliphatic heterocycles. The second-order valence-electron chi connectivity index (χ2n) is 5.51. The maximum Gasteiger partial charge on any atom is 0.133 e. The van der Waals surface area contributed by atoms with Gasteiger partial charge in [0.1, 0.15) is 10.8 Å². The quantitative estimate of drug-likeness (QED) is 0.917. The minimum atomic E-state index is -0.227. The Kier molecular flexibility index (Phi) is 5.15. The van der Waals surface area contributed by atoms with Gasteiger partial charge in [-0.25, -0.2) is 9.37 Å². The van der Waals surface area contributed by atoms with Crippen LogP contribution in [0.25, 0.3) is 10.6 Å². The monoisotopic (exact) mass is 321 g/mol. The maximum atomic E-state index is 13.7. The predicted molar refractivity (Wildman–Crippen MR) is 86.5 cm³/mol. The Bertz CT molecular complexity index is 619. The smallest absolute Gasteiger partial charge is 0.133 e. The molecule has 0 saturated carbocycles. The fraction of sp³-hybridized carbons (Fsp3) is 0.438. The van der Waals surface area contributed by atoms with Crippen molar-refractivity contribution in [2.75, 3.05) is 33.3 Å². The van der Waals surface area contributed by atoms with Crippen LogP contribution in [0, 0.1) is 5.82 Å². The van der Waals surface area contributed by atoms with Crippen molar-refractivity contribution in [3.63, 3.8) is 0 Å². The van der Waals surface area contributed by atoms with Gasteiger partial charge in [-0.3, -0.25) is 0 Å². The molecule has 1 fully saturated rings. The molecular weight excluding hydrogens is 301 g/mol. The van der Waals surface area contributed by atoms with Gasteiger partial charge in [-0.2, -0.15) is 0 Å². The summed E-state index contributed by atoms with van der Waals surface area (Å²) in [6.07, 6.45) is 0.225. The van der Waals surface area contributed by atoms with Crippen LogP contribution in [-0.4, -0.2) is 49.3 Å². The zero-order chi connectivity index (χ0) is 15.4. The molecule has 2 heterocycles. The first-order chi connectivity index (χ1) is 10.7. The third-order valence-electron chi connectivity index (χ3n) is 3.68. The van der Waals surface area contributed by atoms with Crippen molar-refractivity contribution in [3.05, 3.63) is 41.2 Å². The molecule has 0 amide bonds. The van der Waals surface area contributed by atoms with Crippen molar-refractivity contribution in [2.45, 2.75) is 12.6 Å². The van der Waals surface area contributed by atoms with E-state index in [1.54, 1.807) is 12.1 Å². The van der Waals surface area contributed by atoms with Crippen LogP contribution in [-0.2, 0) is 11.3 Å². The van der Waals surface area contributed by atoms with E-state index in [9.17, 15) is 4.39 Å². The number of ether oxygens (including phenoxy) is 1. The Hall–Kier alpha value is -1.34. The number of likely N-dealkylation sites (N-methyl/N-ethyl adjacent to an activating group) is 1. The SMILES string of the molecule is CN1CCO[C@@H](CNCc2csc(-c3ccccc3F)n2)C1. The lowest BCUT2D eigenvalue weighted by atomic mass is 10.2. The van der Waals surface area contributed by atoms with Gasteiger partial charge < -0.3 is 15.0 Å². The normalized spacial score (nSPS) is 19.5. The van der Waals surface area contributed by atoms with Gasteiger partial charge in [-0.15, -0.1) is 11.3 Å². The molecule has 0 unspecified atom stereocenters. The summed E-state index contributed by atoms with van der Waals surface area (Å²) in [6.45, 7) is 4.21. The summed E-state index contributed by atoms with van der Waals surface area (Å²) in [5.74, 6) is -0.227. The molecule has 0 aliphatic carbocycles. The number of rotatable bonds is 5. The van der Waals surface area contributed by atoms with Crippen molar-refractivity contribution in [2.24, 2.45) is 0 Å². The van der Waals surface area contributed by atoms with Gasteiger partial charge in [-0.1, -0.05) is 12.1 Å². The minimum Gasteiger partial charge on any atom is -0.374 e. The summed E-state index contributed by atoms with van der Waals surface area (Å²) in [5, 5.41) is 6.07. The Balaban J connectivity index is 1.53. The lowest BCUT2D eigenvalue weighted by molar-refractivity contribution is -0.0182. The van der Waals surface area contributed by atoms with E-state index in [1.165, 1.54) is 17.4 Å². The topological polar surface area (TPSA) is 37.4 Å². The van der Waals surface area contributed by atoms with Crippen LogP contribution >= 0.6 is 11.3 Å². The van der Waals surface area contributed by atoms with Gasteiger partial charge in [0.05, 0.1) is 18.4 Å². The van der Waals surface area contributed by atoms with Crippen LogP contribution < -0.4 is 5.32 Å².